The molecule has 0 unspecified atom stereocenters. The molecule has 0 aliphatic carbocycles. The first-order chi connectivity index (χ1) is 14.5. The van der Waals surface area contributed by atoms with Gasteiger partial charge in [-0.1, -0.05) is 18.2 Å². The first-order valence-corrected chi connectivity index (χ1v) is 10.3. The summed E-state index contributed by atoms with van der Waals surface area (Å²) in [5, 5.41) is 3.18. The van der Waals surface area contributed by atoms with E-state index in [9.17, 15) is 9.59 Å². The maximum Gasteiger partial charge on any atom is 0.251 e. The molecule has 0 bridgehead atoms. The summed E-state index contributed by atoms with van der Waals surface area (Å²) in [5.41, 5.74) is 1.01. The summed E-state index contributed by atoms with van der Waals surface area (Å²) in [6.07, 6.45) is 2.45. The van der Waals surface area contributed by atoms with Crippen molar-refractivity contribution in [2.45, 2.75) is 37.3 Å². The molecule has 2 atom stereocenters. The first-order valence-electron chi connectivity index (χ1n) is 10.3. The number of nitrogens with zero attached hydrogens (tertiary/aromatic N) is 1. The largest absolute Gasteiger partial charge is 0.487 e. The number of carbonyl (C=O) groups is 2. The number of carbonyl (C=O) groups excluding carboxylic acids is 2. The van der Waals surface area contributed by atoms with Crippen LogP contribution in [0.2, 0.25) is 0 Å². The zero-order valence-electron chi connectivity index (χ0n) is 16.8. The van der Waals surface area contributed by atoms with Gasteiger partial charge in [-0.05, 0) is 30.7 Å². The van der Waals surface area contributed by atoms with E-state index in [1.807, 2.05) is 31.3 Å². The molecular weight excluding hydrogens is 384 g/mol. The van der Waals surface area contributed by atoms with Gasteiger partial charge < -0.3 is 24.4 Å². The minimum absolute atomic E-state index is 0.135. The van der Waals surface area contributed by atoms with Crippen molar-refractivity contribution < 1.29 is 23.8 Å². The Morgan fingerprint density at radius 3 is 2.83 bits per heavy atom. The summed E-state index contributed by atoms with van der Waals surface area (Å²) >= 11 is 0. The van der Waals surface area contributed by atoms with E-state index in [1.54, 1.807) is 23.1 Å². The molecular formula is C23H24N2O5. The molecule has 156 valence electrons. The van der Waals surface area contributed by atoms with Gasteiger partial charge in [0, 0.05) is 44.0 Å². The van der Waals surface area contributed by atoms with Gasteiger partial charge in [0.15, 0.2) is 11.5 Å². The van der Waals surface area contributed by atoms with Crippen molar-refractivity contribution in [3.63, 3.8) is 0 Å². The standard InChI is InChI=1S/C23H24N2O5/c1-25-11-10-23(9-8-21(25)26)13-17(16-4-2-3-5-18(16)30-23)24-22(27)15-6-7-19-20(12-15)29-14-28-19/h2-7,12,17H,8-11,13-14H2,1H3,(H,24,27)/t17-,23+/m1/s1. The van der Waals surface area contributed by atoms with Crippen molar-refractivity contribution in [3.8, 4) is 17.2 Å². The average molecular weight is 408 g/mol. The summed E-state index contributed by atoms with van der Waals surface area (Å²) in [5.74, 6) is 1.96. The Hall–Kier alpha value is -3.22. The van der Waals surface area contributed by atoms with Crippen LogP contribution in [0.25, 0.3) is 0 Å². The molecule has 2 amide bonds. The lowest BCUT2D eigenvalue weighted by Crippen LogP contribution is -2.45. The molecule has 1 N–H and O–H groups in total. The number of fused-ring (bicyclic) bond motifs is 2. The third kappa shape index (κ3) is 3.34. The maximum atomic E-state index is 13.1. The second-order valence-corrected chi connectivity index (χ2v) is 8.19. The smallest absolute Gasteiger partial charge is 0.251 e. The Morgan fingerprint density at radius 2 is 1.93 bits per heavy atom. The Labute approximate surface area is 174 Å². The van der Waals surface area contributed by atoms with Crippen LogP contribution < -0.4 is 19.5 Å². The topological polar surface area (TPSA) is 77.1 Å². The van der Waals surface area contributed by atoms with E-state index in [4.69, 9.17) is 14.2 Å². The van der Waals surface area contributed by atoms with Crippen molar-refractivity contribution in [3.05, 3.63) is 53.6 Å². The zero-order chi connectivity index (χ0) is 20.7. The van der Waals surface area contributed by atoms with Gasteiger partial charge in [-0.25, -0.2) is 0 Å². The Bertz CT molecular complexity index is 1010. The summed E-state index contributed by atoms with van der Waals surface area (Å²) in [4.78, 5) is 27.0. The van der Waals surface area contributed by atoms with Gasteiger partial charge in [0.1, 0.15) is 11.4 Å². The highest BCUT2D eigenvalue weighted by Crippen LogP contribution is 2.44. The lowest BCUT2D eigenvalue weighted by Gasteiger charge is -2.42. The fraction of sp³-hybridized carbons (Fsp3) is 0.391. The number of benzene rings is 2. The van der Waals surface area contributed by atoms with Gasteiger partial charge in [-0.2, -0.15) is 0 Å². The van der Waals surface area contributed by atoms with Crippen LogP contribution >= 0.6 is 0 Å². The zero-order valence-corrected chi connectivity index (χ0v) is 16.8. The lowest BCUT2D eigenvalue weighted by atomic mass is 9.82. The van der Waals surface area contributed by atoms with Crippen LogP contribution in [0.1, 0.15) is 47.6 Å². The third-order valence-electron chi connectivity index (χ3n) is 6.26. The van der Waals surface area contributed by atoms with Crippen LogP contribution in [0, 0.1) is 0 Å². The van der Waals surface area contributed by atoms with Gasteiger partial charge >= 0.3 is 0 Å². The predicted octanol–water partition coefficient (Wildman–Crippen LogP) is 3.05. The van der Waals surface area contributed by atoms with E-state index in [-0.39, 0.29) is 24.6 Å². The second-order valence-electron chi connectivity index (χ2n) is 8.19. The van der Waals surface area contributed by atoms with Gasteiger partial charge in [0.25, 0.3) is 5.91 Å². The highest BCUT2D eigenvalue weighted by molar-refractivity contribution is 5.95. The van der Waals surface area contributed by atoms with Gasteiger partial charge in [0.05, 0.1) is 6.04 Å². The first kappa shape index (κ1) is 18.8. The molecule has 2 aromatic carbocycles. The molecule has 3 aliphatic rings. The molecule has 0 saturated carbocycles. The normalized spacial score (nSPS) is 24.8. The fourth-order valence-corrected chi connectivity index (χ4v) is 4.48. The van der Waals surface area contributed by atoms with Crippen LogP contribution in [0.15, 0.2) is 42.5 Å². The molecule has 1 saturated heterocycles. The number of hydrogen-bond acceptors (Lipinski definition) is 5. The molecule has 1 spiro atoms. The predicted molar refractivity (Wildman–Crippen MR) is 109 cm³/mol. The van der Waals surface area contributed by atoms with Crippen LogP contribution in [-0.2, 0) is 4.79 Å². The lowest BCUT2D eigenvalue weighted by molar-refractivity contribution is -0.129. The van der Waals surface area contributed by atoms with E-state index < -0.39 is 5.60 Å². The highest BCUT2D eigenvalue weighted by atomic mass is 16.7. The third-order valence-corrected chi connectivity index (χ3v) is 6.26. The molecule has 0 radical (unpaired) electrons. The Morgan fingerprint density at radius 1 is 1.10 bits per heavy atom. The summed E-state index contributed by atoms with van der Waals surface area (Å²) < 4.78 is 17.2. The van der Waals surface area contributed by atoms with Crippen molar-refractivity contribution in [1.29, 1.82) is 0 Å². The molecule has 5 rings (SSSR count). The van der Waals surface area contributed by atoms with Crippen LogP contribution in [0.5, 0.6) is 17.2 Å². The van der Waals surface area contributed by atoms with Crippen molar-refractivity contribution >= 4 is 11.8 Å². The number of amides is 2. The minimum Gasteiger partial charge on any atom is -0.487 e. The van der Waals surface area contributed by atoms with Crippen molar-refractivity contribution in [2.24, 2.45) is 0 Å². The van der Waals surface area contributed by atoms with Gasteiger partial charge in [0.2, 0.25) is 12.7 Å². The van der Waals surface area contributed by atoms with Crippen LogP contribution in [-0.4, -0.2) is 42.7 Å². The molecule has 30 heavy (non-hydrogen) atoms. The van der Waals surface area contributed by atoms with E-state index in [0.29, 0.717) is 42.9 Å². The summed E-state index contributed by atoms with van der Waals surface area (Å²) in [7, 11) is 1.83. The van der Waals surface area contributed by atoms with E-state index in [1.165, 1.54) is 0 Å². The summed E-state index contributed by atoms with van der Waals surface area (Å²) in [6, 6.07) is 12.8. The number of rotatable bonds is 2. The Balaban J connectivity index is 1.42. The SMILES string of the molecule is CN1CC[C@@]2(CCC1=O)C[C@@H](NC(=O)c1ccc3c(c1)OCO3)c1ccccc1O2. The minimum atomic E-state index is -0.471. The fourth-order valence-electron chi connectivity index (χ4n) is 4.48. The molecule has 7 nitrogen and oxygen atoms in total. The highest BCUT2D eigenvalue weighted by Gasteiger charge is 2.43. The van der Waals surface area contributed by atoms with Crippen molar-refractivity contribution in [2.75, 3.05) is 20.4 Å². The maximum absolute atomic E-state index is 13.1. The van der Waals surface area contributed by atoms with Crippen LogP contribution in [0.3, 0.4) is 0 Å². The van der Waals surface area contributed by atoms with E-state index >= 15 is 0 Å². The molecule has 3 aliphatic heterocycles. The second kappa shape index (κ2) is 7.23. The summed E-state index contributed by atoms with van der Waals surface area (Å²) in [6.45, 7) is 0.813. The number of para-hydroxylation sites is 1. The van der Waals surface area contributed by atoms with E-state index in [0.717, 1.165) is 17.7 Å². The number of nitrogens with one attached hydrogen (secondary N) is 1. The van der Waals surface area contributed by atoms with E-state index in [2.05, 4.69) is 5.32 Å². The quantitative estimate of drug-likeness (QED) is 0.827. The molecule has 7 heteroatoms. The Kier molecular flexibility index (Phi) is 4.53. The number of hydrogen-bond donors (Lipinski definition) is 1. The molecule has 2 aromatic rings. The van der Waals surface area contributed by atoms with Gasteiger partial charge in [-0.3, -0.25) is 9.59 Å². The molecule has 0 aromatic heterocycles. The van der Waals surface area contributed by atoms with Crippen molar-refractivity contribution in [1.82, 2.24) is 10.2 Å². The number of likely N-dealkylation sites (tertiary alicyclic amines) is 1. The average Bonchev–Trinajstić information content (AvgIpc) is 3.19. The number of ether oxygens (including phenoxy) is 3. The van der Waals surface area contributed by atoms with Gasteiger partial charge in [-0.15, -0.1) is 0 Å². The molecule has 3 heterocycles. The monoisotopic (exact) mass is 408 g/mol. The molecule has 1 fully saturated rings. The van der Waals surface area contributed by atoms with Crippen LogP contribution in [0.4, 0.5) is 0 Å².